The van der Waals surface area contributed by atoms with Crippen LogP contribution in [0.5, 0.6) is 0 Å². The average Bonchev–Trinajstić information content (AvgIpc) is 3.21. The Kier molecular flexibility index (Phi) is 4.96. The summed E-state index contributed by atoms with van der Waals surface area (Å²) in [6.07, 6.45) is 5.53. The van der Waals surface area contributed by atoms with Gasteiger partial charge < -0.3 is 15.0 Å². The quantitative estimate of drug-likeness (QED) is 0.713. The summed E-state index contributed by atoms with van der Waals surface area (Å²) in [7, 11) is 3.84. The average molecular weight is 249 g/mol. The third-order valence-electron chi connectivity index (χ3n) is 3.23. The van der Waals surface area contributed by atoms with Crippen LogP contribution in [-0.4, -0.2) is 38.3 Å². The second-order valence-corrected chi connectivity index (χ2v) is 4.91. The van der Waals surface area contributed by atoms with Crippen molar-refractivity contribution in [3.05, 3.63) is 23.9 Å². The third-order valence-corrected chi connectivity index (χ3v) is 3.23. The van der Waals surface area contributed by atoms with E-state index in [0.29, 0.717) is 0 Å². The fourth-order valence-corrected chi connectivity index (χ4v) is 2.01. The number of pyridine rings is 1. The van der Waals surface area contributed by atoms with Crippen LogP contribution >= 0.6 is 0 Å². The molecule has 2 rings (SSSR count). The van der Waals surface area contributed by atoms with E-state index < -0.39 is 0 Å². The van der Waals surface area contributed by atoms with Gasteiger partial charge in [0.05, 0.1) is 0 Å². The molecule has 0 spiro atoms. The first-order chi connectivity index (χ1) is 8.81. The first-order valence-electron chi connectivity index (χ1n) is 6.68. The van der Waals surface area contributed by atoms with Crippen LogP contribution in [-0.2, 0) is 11.3 Å². The zero-order valence-corrected chi connectivity index (χ0v) is 11.4. The highest BCUT2D eigenvalue weighted by atomic mass is 16.5. The summed E-state index contributed by atoms with van der Waals surface area (Å²) >= 11 is 0. The standard InChI is InChI=1S/C14H23N3O/c1-17(9-4-10-18-2)14-12(5-3-8-15-14)11-16-13-6-7-13/h3,5,8,13,16H,4,6-7,9-11H2,1-2H3. The number of methoxy groups -OCH3 is 1. The number of ether oxygens (including phenoxy) is 1. The largest absolute Gasteiger partial charge is 0.385 e. The number of hydrogen-bond acceptors (Lipinski definition) is 4. The molecular formula is C14H23N3O. The summed E-state index contributed by atoms with van der Waals surface area (Å²) in [5, 5.41) is 3.54. The second kappa shape index (κ2) is 6.71. The molecular weight excluding hydrogens is 226 g/mol. The molecule has 0 radical (unpaired) electrons. The van der Waals surface area contributed by atoms with Crippen molar-refractivity contribution in [3.63, 3.8) is 0 Å². The summed E-state index contributed by atoms with van der Waals surface area (Å²) in [5.41, 5.74) is 1.28. The monoisotopic (exact) mass is 249 g/mol. The molecule has 18 heavy (non-hydrogen) atoms. The number of nitrogens with one attached hydrogen (secondary N) is 1. The molecule has 0 amide bonds. The lowest BCUT2D eigenvalue weighted by Gasteiger charge is -2.21. The molecule has 1 aromatic rings. The minimum atomic E-state index is 0.733. The van der Waals surface area contributed by atoms with E-state index in [0.717, 1.165) is 38.0 Å². The molecule has 1 aliphatic carbocycles. The van der Waals surface area contributed by atoms with Gasteiger partial charge in [-0.2, -0.15) is 0 Å². The van der Waals surface area contributed by atoms with Crippen molar-refractivity contribution in [2.75, 3.05) is 32.2 Å². The molecule has 1 aliphatic rings. The maximum Gasteiger partial charge on any atom is 0.132 e. The van der Waals surface area contributed by atoms with Crippen molar-refractivity contribution < 1.29 is 4.74 Å². The predicted molar refractivity (Wildman–Crippen MR) is 73.9 cm³/mol. The van der Waals surface area contributed by atoms with Crippen molar-refractivity contribution in [1.82, 2.24) is 10.3 Å². The Morgan fingerprint density at radius 1 is 1.50 bits per heavy atom. The first kappa shape index (κ1) is 13.3. The van der Waals surface area contributed by atoms with E-state index in [-0.39, 0.29) is 0 Å². The minimum Gasteiger partial charge on any atom is -0.385 e. The molecule has 100 valence electrons. The van der Waals surface area contributed by atoms with E-state index in [1.54, 1.807) is 7.11 Å². The normalized spacial score (nSPS) is 14.8. The van der Waals surface area contributed by atoms with Crippen LogP contribution in [0.25, 0.3) is 0 Å². The lowest BCUT2D eigenvalue weighted by atomic mass is 10.2. The maximum atomic E-state index is 5.09. The van der Waals surface area contributed by atoms with Gasteiger partial charge >= 0.3 is 0 Å². The Morgan fingerprint density at radius 3 is 3.06 bits per heavy atom. The van der Waals surface area contributed by atoms with Crippen LogP contribution < -0.4 is 10.2 Å². The molecule has 4 heteroatoms. The summed E-state index contributed by atoms with van der Waals surface area (Å²) in [6.45, 7) is 2.69. The van der Waals surface area contributed by atoms with Crippen LogP contribution in [0.2, 0.25) is 0 Å². The van der Waals surface area contributed by atoms with Crippen molar-refractivity contribution in [2.45, 2.75) is 31.8 Å². The highest BCUT2D eigenvalue weighted by Crippen LogP contribution is 2.21. The van der Waals surface area contributed by atoms with E-state index in [1.165, 1.54) is 18.4 Å². The molecule has 1 fully saturated rings. The van der Waals surface area contributed by atoms with Gasteiger partial charge in [0.15, 0.2) is 0 Å². The number of rotatable bonds is 8. The Labute approximate surface area is 109 Å². The number of nitrogens with zero attached hydrogens (tertiary/aromatic N) is 2. The van der Waals surface area contributed by atoms with Gasteiger partial charge in [-0.3, -0.25) is 0 Å². The van der Waals surface area contributed by atoms with Crippen LogP contribution in [0, 0.1) is 0 Å². The Hall–Kier alpha value is -1.13. The number of aromatic nitrogens is 1. The van der Waals surface area contributed by atoms with Crippen molar-refractivity contribution >= 4 is 5.82 Å². The Bertz CT molecular complexity index is 366. The fraction of sp³-hybridized carbons (Fsp3) is 0.643. The SMILES string of the molecule is COCCCN(C)c1ncccc1CNC1CC1. The minimum absolute atomic E-state index is 0.733. The smallest absolute Gasteiger partial charge is 0.132 e. The first-order valence-corrected chi connectivity index (χ1v) is 6.68. The van der Waals surface area contributed by atoms with Gasteiger partial charge in [-0.25, -0.2) is 4.98 Å². The number of anilines is 1. The lowest BCUT2D eigenvalue weighted by molar-refractivity contribution is 0.196. The molecule has 0 unspecified atom stereocenters. The topological polar surface area (TPSA) is 37.4 Å². The van der Waals surface area contributed by atoms with Crippen LogP contribution in [0.4, 0.5) is 5.82 Å². The van der Waals surface area contributed by atoms with E-state index in [1.807, 2.05) is 12.3 Å². The molecule has 1 saturated carbocycles. The molecule has 0 aliphatic heterocycles. The van der Waals surface area contributed by atoms with Gasteiger partial charge in [0.2, 0.25) is 0 Å². The van der Waals surface area contributed by atoms with Crippen molar-refractivity contribution in [1.29, 1.82) is 0 Å². The summed E-state index contributed by atoms with van der Waals surface area (Å²) in [6, 6.07) is 4.90. The Morgan fingerprint density at radius 2 is 2.33 bits per heavy atom. The maximum absolute atomic E-state index is 5.09. The van der Waals surface area contributed by atoms with Crippen molar-refractivity contribution in [2.24, 2.45) is 0 Å². The molecule has 4 nitrogen and oxygen atoms in total. The van der Waals surface area contributed by atoms with E-state index in [2.05, 4.69) is 28.3 Å². The van der Waals surface area contributed by atoms with Gasteiger partial charge in [-0.1, -0.05) is 6.07 Å². The van der Waals surface area contributed by atoms with Gasteiger partial charge in [0.25, 0.3) is 0 Å². The fourth-order valence-electron chi connectivity index (χ4n) is 2.01. The van der Waals surface area contributed by atoms with E-state index in [4.69, 9.17) is 4.74 Å². The molecule has 1 N–H and O–H groups in total. The van der Waals surface area contributed by atoms with Crippen LogP contribution in [0.15, 0.2) is 18.3 Å². The van der Waals surface area contributed by atoms with Gasteiger partial charge in [-0.15, -0.1) is 0 Å². The Balaban J connectivity index is 1.91. The zero-order valence-electron chi connectivity index (χ0n) is 11.4. The third kappa shape index (κ3) is 3.96. The highest BCUT2D eigenvalue weighted by molar-refractivity contribution is 5.45. The molecule has 1 aromatic heterocycles. The molecule has 1 heterocycles. The highest BCUT2D eigenvalue weighted by Gasteiger charge is 2.20. The van der Waals surface area contributed by atoms with Gasteiger partial charge in [0, 0.05) is 51.7 Å². The molecule has 0 bridgehead atoms. The van der Waals surface area contributed by atoms with E-state index >= 15 is 0 Å². The van der Waals surface area contributed by atoms with Gasteiger partial charge in [-0.05, 0) is 25.3 Å². The summed E-state index contributed by atoms with van der Waals surface area (Å²) < 4.78 is 5.09. The number of hydrogen-bond donors (Lipinski definition) is 1. The lowest BCUT2D eigenvalue weighted by Crippen LogP contribution is -2.24. The molecule has 0 aromatic carbocycles. The van der Waals surface area contributed by atoms with Crippen LogP contribution in [0.1, 0.15) is 24.8 Å². The molecule has 0 saturated heterocycles. The van der Waals surface area contributed by atoms with Crippen LogP contribution in [0.3, 0.4) is 0 Å². The predicted octanol–water partition coefficient (Wildman–Crippen LogP) is 1.81. The van der Waals surface area contributed by atoms with E-state index in [9.17, 15) is 0 Å². The summed E-state index contributed by atoms with van der Waals surface area (Å²) in [5.74, 6) is 1.08. The zero-order chi connectivity index (χ0) is 12.8. The molecule has 0 atom stereocenters. The second-order valence-electron chi connectivity index (χ2n) is 4.91. The van der Waals surface area contributed by atoms with Gasteiger partial charge in [0.1, 0.15) is 5.82 Å². The van der Waals surface area contributed by atoms with Crippen molar-refractivity contribution in [3.8, 4) is 0 Å². The summed E-state index contributed by atoms with van der Waals surface area (Å²) in [4.78, 5) is 6.71.